The Bertz CT molecular complexity index is 220. The van der Waals surface area contributed by atoms with E-state index in [4.69, 9.17) is 11.6 Å². The summed E-state index contributed by atoms with van der Waals surface area (Å²) >= 11 is 5.67. The van der Waals surface area contributed by atoms with E-state index in [1.54, 1.807) is 0 Å². The molecule has 1 aromatic rings. The van der Waals surface area contributed by atoms with E-state index < -0.39 is 0 Å². The Kier molecular flexibility index (Phi) is 5.16. The molecule has 0 aliphatic heterocycles. The second kappa shape index (κ2) is 5.33. The van der Waals surface area contributed by atoms with Gasteiger partial charge in [0.15, 0.2) is 18.9 Å². The van der Waals surface area contributed by atoms with Crippen molar-refractivity contribution in [3.05, 3.63) is 42.2 Å². The number of halogens is 2. The van der Waals surface area contributed by atoms with E-state index in [-0.39, 0.29) is 17.0 Å². The summed E-state index contributed by atoms with van der Waals surface area (Å²) in [5.41, 5.74) is 0. The molecule has 0 atom stereocenters. The average molecular weight is 235 g/mol. The molecule has 3 heteroatoms. The van der Waals surface area contributed by atoms with Crippen LogP contribution in [-0.2, 0) is 6.54 Å². The summed E-state index contributed by atoms with van der Waals surface area (Å²) in [5.74, 6) is 0. The Morgan fingerprint density at radius 3 is 2.45 bits per heavy atom. The van der Waals surface area contributed by atoms with E-state index in [2.05, 4.69) is 6.58 Å². The van der Waals surface area contributed by atoms with E-state index in [1.807, 2.05) is 35.2 Å². The summed E-state index contributed by atoms with van der Waals surface area (Å²) in [6, 6.07) is 3.70. The molecule has 0 fully saturated rings. The van der Waals surface area contributed by atoms with Crippen molar-refractivity contribution in [3.8, 4) is 0 Å². The van der Waals surface area contributed by atoms with Crippen LogP contribution in [0.25, 0.3) is 0 Å². The van der Waals surface area contributed by atoms with Gasteiger partial charge in [-0.25, -0.2) is 4.57 Å². The average Bonchev–Trinajstić information content (AvgIpc) is 1.95. The quantitative estimate of drug-likeness (QED) is 0.448. The highest BCUT2D eigenvalue weighted by Crippen LogP contribution is 2.01. The molecule has 0 radical (unpaired) electrons. The summed E-state index contributed by atoms with van der Waals surface area (Å²) in [5, 5.41) is 0.764. The Hall–Kier alpha value is -0.340. The van der Waals surface area contributed by atoms with Gasteiger partial charge in [0.2, 0.25) is 0 Å². The van der Waals surface area contributed by atoms with Gasteiger partial charge in [-0.15, -0.1) is 0 Å². The van der Waals surface area contributed by atoms with Crippen molar-refractivity contribution >= 4 is 11.6 Å². The smallest absolute Gasteiger partial charge is 0.170 e. The fraction of sp³-hybridized carbons (Fsp3) is 0.125. The predicted octanol–water partition coefficient (Wildman–Crippen LogP) is -1.18. The maximum Gasteiger partial charge on any atom is 0.170 e. The fourth-order valence-corrected chi connectivity index (χ4v) is 0.823. The van der Waals surface area contributed by atoms with E-state index in [1.165, 1.54) is 0 Å². The van der Waals surface area contributed by atoms with Gasteiger partial charge < -0.3 is 17.0 Å². The van der Waals surface area contributed by atoms with Gasteiger partial charge in [0.25, 0.3) is 0 Å². The molecule has 1 heterocycles. The van der Waals surface area contributed by atoms with E-state index in [9.17, 15) is 0 Å². The van der Waals surface area contributed by atoms with Crippen LogP contribution in [0.4, 0.5) is 0 Å². The largest absolute Gasteiger partial charge is 1.00 e. The first kappa shape index (κ1) is 10.7. The maximum atomic E-state index is 5.67. The zero-order valence-electron chi connectivity index (χ0n) is 6.00. The Balaban J connectivity index is 0.000001000. The molecular weight excluding hydrogens is 225 g/mol. The first-order chi connectivity index (χ1) is 4.83. The highest BCUT2D eigenvalue weighted by molar-refractivity contribution is 6.30. The number of nitrogens with zero attached hydrogens (tertiary/aromatic N) is 1. The van der Waals surface area contributed by atoms with Gasteiger partial charge in [-0.3, -0.25) is 0 Å². The monoisotopic (exact) mass is 233 g/mol. The van der Waals surface area contributed by atoms with Gasteiger partial charge in [0, 0.05) is 12.1 Å². The number of rotatable bonds is 2. The molecular formula is C8H9BrClN. The lowest BCUT2D eigenvalue weighted by atomic mass is 10.4. The van der Waals surface area contributed by atoms with E-state index in [0.29, 0.717) is 0 Å². The first-order valence-corrected chi connectivity index (χ1v) is 3.46. The summed E-state index contributed by atoms with van der Waals surface area (Å²) in [6.45, 7) is 4.46. The summed E-state index contributed by atoms with van der Waals surface area (Å²) in [7, 11) is 0. The molecule has 1 rings (SSSR count). The Morgan fingerprint density at radius 2 is 2.00 bits per heavy atom. The SMILES string of the molecule is C=CC[n+]1ccc(Cl)cc1.[Br-]. The second-order valence-corrected chi connectivity index (χ2v) is 2.44. The molecule has 0 aliphatic rings. The minimum Gasteiger partial charge on any atom is -1.00 e. The lowest BCUT2D eigenvalue weighted by molar-refractivity contribution is -0.687. The molecule has 0 saturated carbocycles. The minimum absolute atomic E-state index is 0. The van der Waals surface area contributed by atoms with Crippen LogP contribution >= 0.6 is 11.6 Å². The van der Waals surface area contributed by atoms with Crippen molar-refractivity contribution in [2.45, 2.75) is 6.54 Å². The third-order valence-electron chi connectivity index (χ3n) is 1.19. The number of hydrogen-bond donors (Lipinski definition) is 0. The number of hydrogen-bond acceptors (Lipinski definition) is 0. The van der Waals surface area contributed by atoms with Crippen LogP contribution in [0.5, 0.6) is 0 Å². The van der Waals surface area contributed by atoms with Crippen molar-refractivity contribution in [1.82, 2.24) is 0 Å². The van der Waals surface area contributed by atoms with E-state index >= 15 is 0 Å². The molecule has 0 bridgehead atoms. The Morgan fingerprint density at radius 1 is 1.45 bits per heavy atom. The van der Waals surface area contributed by atoms with Crippen LogP contribution in [0.2, 0.25) is 5.02 Å². The zero-order valence-corrected chi connectivity index (χ0v) is 8.35. The van der Waals surface area contributed by atoms with Crippen LogP contribution in [-0.4, -0.2) is 0 Å². The molecule has 0 aromatic carbocycles. The third-order valence-corrected chi connectivity index (χ3v) is 1.44. The van der Waals surface area contributed by atoms with Crippen LogP contribution in [0.1, 0.15) is 0 Å². The first-order valence-electron chi connectivity index (χ1n) is 3.08. The Labute approximate surface area is 82.1 Å². The molecule has 0 spiro atoms. The molecule has 0 aliphatic carbocycles. The summed E-state index contributed by atoms with van der Waals surface area (Å²) in [6.07, 6.45) is 5.68. The highest BCUT2D eigenvalue weighted by atomic mass is 79.9. The number of pyridine rings is 1. The van der Waals surface area contributed by atoms with Gasteiger partial charge >= 0.3 is 0 Å². The molecule has 0 saturated heterocycles. The lowest BCUT2D eigenvalue weighted by Gasteiger charge is -1.89. The molecule has 60 valence electrons. The molecule has 11 heavy (non-hydrogen) atoms. The van der Waals surface area contributed by atoms with Gasteiger partial charge in [-0.1, -0.05) is 18.2 Å². The maximum absolute atomic E-state index is 5.67. The molecule has 1 nitrogen and oxygen atoms in total. The van der Waals surface area contributed by atoms with Gasteiger partial charge in [-0.2, -0.15) is 0 Å². The van der Waals surface area contributed by atoms with Crippen LogP contribution in [0.15, 0.2) is 37.2 Å². The fourth-order valence-electron chi connectivity index (χ4n) is 0.710. The van der Waals surface area contributed by atoms with Gasteiger partial charge in [0.1, 0.15) is 0 Å². The summed E-state index contributed by atoms with van der Waals surface area (Å²) in [4.78, 5) is 0. The van der Waals surface area contributed by atoms with Crippen LogP contribution < -0.4 is 21.5 Å². The van der Waals surface area contributed by atoms with Gasteiger partial charge in [-0.05, 0) is 6.08 Å². The molecule has 0 unspecified atom stereocenters. The second-order valence-electron chi connectivity index (χ2n) is 2.00. The lowest BCUT2D eigenvalue weighted by Crippen LogP contribution is -3.00. The van der Waals surface area contributed by atoms with Crippen LogP contribution in [0, 0.1) is 0 Å². The van der Waals surface area contributed by atoms with Crippen molar-refractivity contribution in [2.75, 3.05) is 0 Å². The third kappa shape index (κ3) is 3.54. The number of aromatic nitrogens is 1. The van der Waals surface area contributed by atoms with Crippen molar-refractivity contribution in [3.63, 3.8) is 0 Å². The molecule has 1 aromatic heterocycles. The highest BCUT2D eigenvalue weighted by Gasteiger charge is 1.93. The van der Waals surface area contributed by atoms with Crippen molar-refractivity contribution in [1.29, 1.82) is 0 Å². The van der Waals surface area contributed by atoms with Crippen molar-refractivity contribution < 1.29 is 21.5 Å². The zero-order chi connectivity index (χ0) is 7.40. The summed E-state index contributed by atoms with van der Waals surface area (Å²) < 4.78 is 2.00. The minimum atomic E-state index is 0. The van der Waals surface area contributed by atoms with Crippen LogP contribution in [0.3, 0.4) is 0 Å². The number of allylic oxidation sites excluding steroid dienone is 1. The van der Waals surface area contributed by atoms with E-state index in [0.717, 1.165) is 11.6 Å². The standard InChI is InChI=1S/C8H9ClN.BrH/c1-2-5-10-6-3-8(9)4-7-10;/h2-4,6-7H,1,5H2;1H/q+1;/p-1. The molecule has 0 N–H and O–H groups in total. The van der Waals surface area contributed by atoms with Crippen molar-refractivity contribution in [2.24, 2.45) is 0 Å². The molecule has 0 amide bonds. The van der Waals surface area contributed by atoms with Gasteiger partial charge in [0.05, 0.1) is 5.02 Å². The topological polar surface area (TPSA) is 3.88 Å². The predicted molar refractivity (Wildman–Crippen MR) is 41.8 cm³/mol. The normalized spacial score (nSPS) is 8.45.